The lowest BCUT2D eigenvalue weighted by Gasteiger charge is -2.15. The Morgan fingerprint density at radius 1 is 1.29 bits per heavy atom. The highest BCUT2D eigenvalue weighted by atomic mass is 16.5. The number of carboxylic acids is 1. The topological polar surface area (TPSA) is 87.7 Å². The van der Waals surface area contributed by atoms with Crippen LogP contribution in [-0.2, 0) is 11.2 Å². The maximum absolute atomic E-state index is 11.6. The highest BCUT2D eigenvalue weighted by molar-refractivity contribution is 5.75. The molecule has 21 heavy (non-hydrogen) atoms. The van der Waals surface area contributed by atoms with Gasteiger partial charge in [0, 0.05) is 12.6 Å². The summed E-state index contributed by atoms with van der Waals surface area (Å²) < 4.78 is 5.07. The number of urea groups is 1. The van der Waals surface area contributed by atoms with Crippen LogP contribution in [0.25, 0.3) is 0 Å². The number of ether oxygens (including phenoxy) is 1. The highest BCUT2D eigenvalue weighted by Gasteiger charge is 2.13. The fourth-order valence-electron chi connectivity index (χ4n) is 1.86. The van der Waals surface area contributed by atoms with Gasteiger partial charge in [0.05, 0.1) is 13.5 Å². The van der Waals surface area contributed by atoms with Crippen molar-refractivity contribution in [3.8, 4) is 5.75 Å². The number of rotatable bonds is 8. The maximum Gasteiger partial charge on any atom is 0.315 e. The first-order valence-corrected chi connectivity index (χ1v) is 6.94. The van der Waals surface area contributed by atoms with Crippen molar-refractivity contribution in [1.29, 1.82) is 0 Å². The van der Waals surface area contributed by atoms with E-state index in [9.17, 15) is 9.59 Å². The van der Waals surface area contributed by atoms with Crippen molar-refractivity contribution in [2.45, 2.75) is 32.2 Å². The summed E-state index contributed by atoms with van der Waals surface area (Å²) in [4.78, 5) is 22.3. The summed E-state index contributed by atoms with van der Waals surface area (Å²) in [5.41, 5.74) is 1.09. The summed E-state index contributed by atoms with van der Waals surface area (Å²) in [6, 6.07) is 6.94. The average molecular weight is 294 g/mol. The van der Waals surface area contributed by atoms with Crippen LogP contribution in [0.4, 0.5) is 4.79 Å². The molecule has 6 nitrogen and oxygen atoms in total. The van der Waals surface area contributed by atoms with E-state index in [4.69, 9.17) is 9.84 Å². The summed E-state index contributed by atoms with van der Waals surface area (Å²) in [6.45, 7) is 2.33. The fraction of sp³-hybridized carbons (Fsp3) is 0.467. The van der Waals surface area contributed by atoms with Crippen LogP contribution in [0.5, 0.6) is 5.75 Å². The minimum absolute atomic E-state index is 0.0671. The molecular weight excluding hydrogens is 272 g/mol. The molecule has 116 valence electrons. The van der Waals surface area contributed by atoms with Crippen LogP contribution >= 0.6 is 0 Å². The van der Waals surface area contributed by atoms with Gasteiger partial charge in [-0.15, -0.1) is 0 Å². The number of benzene rings is 1. The molecule has 6 heteroatoms. The lowest BCUT2D eigenvalue weighted by molar-refractivity contribution is -0.137. The van der Waals surface area contributed by atoms with Crippen LogP contribution in [0, 0.1) is 0 Å². The molecule has 0 bridgehead atoms. The third-order valence-corrected chi connectivity index (χ3v) is 3.11. The number of carbonyl (C=O) groups is 2. The minimum Gasteiger partial charge on any atom is -0.497 e. The van der Waals surface area contributed by atoms with Crippen molar-refractivity contribution >= 4 is 12.0 Å². The number of carbonyl (C=O) groups excluding carboxylic acids is 1. The largest absolute Gasteiger partial charge is 0.497 e. The Bertz CT molecular complexity index is 459. The second kappa shape index (κ2) is 8.84. The van der Waals surface area contributed by atoms with Crippen LogP contribution in [0.15, 0.2) is 24.3 Å². The number of carboxylic acid groups (broad SMARTS) is 1. The molecule has 1 aromatic carbocycles. The first-order chi connectivity index (χ1) is 10.0. The molecule has 0 aliphatic carbocycles. The Hall–Kier alpha value is -2.24. The molecular formula is C15H22N2O4. The SMILES string of the molecule is CCC(CC(=O)O)NC(=O)NCCc1ccc(OC)cc1. The molecule has 1 unspecified atom stereocenters. The van der Waals surface area contributed by atoms with Gasteiger partial charge in [0.2, 0.25) is 0 Å². The van der Waals surface area contributed by atoms with E-state index < -0.39 is 5.97 Å². The lowest BCUT2D eigenvalue weighted by Crippen LogP contribution is -2.43. The van der Waals surface area contributed by atoms with Crippen LogP contribution in [0.1, 0.15) is 25.3 Å². The summed E-state index contributed by atoms with van der Waals surface area (Å²) >= 11 is 0. The molecule has 0 saturated carbocycles. The van der Waals surface area contributed by atoms with E-state index in [2.05, 4.69) is 10.6 Å². The zero-order valence-electron chi connectivity index (χ0n) is 12.4. The van der Waals surface area contributed by atoms with E-state index in [1.165, 1.54) is 0 Å². The Morgan fingerprint density at radius 2 is 1.95 bits per heavy atom. The van der Waals surface area contributed by atoms with Gasteiger partial charge in [0.15, 0.2) is 0 Å². The number of hydrogen-bond donors (Lipinski definition) is 3. The van der Waals surface area contributed by atoms with Crippen LogP contribution in [-0.4, -0.2) is 36.8 Å². The zero-order chi connectivity index (χ0) is 15.7. The van der Waals surface area contributed by atoms with Crippen LogP contribution in [0.2, 0.25) is 0 Å². The molecule has 0 heterocycles. The first-order valence-electron chi connectivity index (χ1n) is 6.94. The smallest absolute Gasteiger partial charge is 0.315 e. The van der Waals surface area contributed by atoms with Gasteiger partial charge in [0.1, 0.15) is 5.75 Å². The summed E-state index contributed by atoms with van der Waals surface area (Å²) in [5, 5.41) is 14.1. The summed E-state index contributed by atoms with van der Waals surface area (Å²) in [5.74, 6) is -0.121. The molecule has 0 spiro atoms. The third-order valence-electron chi connectivity index (χ3n) is 3.11. The summed E-state index contributed by atoms with van der Waals surface area (Å²) in [6.07, 6.45) is 1.22. The normalized spacial score (nSPS) is 11.5. The molecule has 0 aliphatic rings. The Morgan fingerprint density at radius 3 is 2.48 bits per heavy atom. The standard InChI is InChI=1S/C15H22N2O4/c1-3-12(10-14(18)19)17-15(20)16-9-8-11-4-6-13(21-2)7-5-11/h4-7,12H,3,8-10H2,1-2H3,(H,18,19)(H2,16,17,20). The molecule has 1 aromatic rings. The number of aliphatic carboxylic acids is 1. The molecule has 3 N–H and O–H groups in total. The predicted molar refractivity (Wildman–Crippen MR) is 79.6 cm³/mol. The number of nitrogens with one attached hydrogen (secondary N) is 2. The summed E-state index contributed by atoms with van der Waals surface area (Å²) in [7, 11) is 1.61. The van der Waals surface area contributed by atoms with E-state index >= 15 is 0 Å². The molecule has 0 aliphatic heterocycles. The molecule has 2 amide bonds. The van der Waals surface area contributed by atoms with Crippen molar-refractivity contribution in [3.05, 3.63) is 29.8 Å². The molecule has 0 fully saturated rings. The number of hydrogen-bond acceptors (Lipinski definition) is 3. The van der Waals surface area contributed by atoms with E-state index in [0.29, 0.717) is 19.4 Å². The maximum atomic E-state index is 11.6. The molecule has 0 saturated heterocycles. The number of amides is 2. The molecule has 0 radical (unpaired) electrons. The third kappa shape index (κ3) is 6.65. The highest BCUT2D eigenvalue weighted by Crippen LogP contribution is 2.11. The second-order valence-corrected chi connectivity index (χ2v) is 4.70. The van der Waals surface area contributed by atoms with Crippen LogP contribution < -0.4 is 15.4 Å². The van der Waals surface area contributed by atoms with Crippen molar-refractivity contribution < 1.29 is 19.4 Å². The Kier molecular flexibility index (Phi) is 7.08. The van der Waals surface area contributed by atoms with Crippen LogP contribution in [0.3, 0.4) is 0 Å². The van der Waals surface area contributed by atoms with Gasteiger partial charge in [-0.1, -0.05) is 19.1 Å². The van der Waals surface area contributed by atoms with Crippen molar-refractivity contribution in [2.24, 2.45) is 0 Å². The van der Waals surface area contributed by atoms with E-state index in [-0.39, 0.29) is 18.5 Å². The van der Waals surface area contributed by atoms with Gasteiger partial charge in [0.25, 0.3) is 0 Å². The van der Waals surface area contributed by atoms with E-state index in [1.54, 1.807) is 7.11 Å². The van der Waals surface area contributed by atoms with Crippen molar-refractivity contribution in [3.63, 3.8) is 0 Å². The van der Waals surface area contributed by atoms with Gasteiger partial charge < -0.3 is 20.5 Å². The second-order valence-electron chi connectivity index (χ2n) is 4.70. The van der Waals surface area contributed by atoms with Gasteiger partial charge >= 0.3 is 12.0 Å². The molecule has 0 aromatic heterocycles. The van der Waals surface area contributed by atoms with E-state index in [0.717, 1.165) is 11.3 Å². The zero-order valence-corrected chi connectivity index (χ0v) is 12.4. The fourth-order valence-corrected chi connectivity index (χ4v) is 1.86. The molecule has 1 atom stereocenters. The van der Waals surface area contributed by atoms with Crippen molar-refractivity contribution in [1.82, 2.24) is 10.6 Å². The average Bonchev–Trinajstić information content (AvgIpc) is 2.46. The van der Waals surface area contributed by atoms with Gasteiger partial charge in [-0.25, -0.2) is 4.79 Å². The molecule has 1 rings (SSSR count). The van der Waals surface area contributed by atoms with Gasteiger partial charge in [-0.2, -0.15) is 0 Å². The van der Waals surface area contributed by atoms with Gasteiger partial charge in [-0.3, -0.25) is 4.79 Å². The van der Waals surface area contributed by atoms with Gasteiger partial charge in [-0.05, 0) is 30.5 Å². The minimum atomic E-state index is -0.916. The number of methoxy groups -OCH3 is 1. The van der Waals surface area contributed by atoms with Crippen molar-refractivity contribution in [2.75, 3.05) is 13.7 Å². The Balaban J connectivity index is 2.30. The quantitative estimate of drug-likeness (QED) is 0.682. The van der Waals surface area contributed by atoms with E-state index in [1.807, 2.05) is 31.2 Å². The lowest BCUT2D eigenvalue weighted by atomic mass is 10.1. The monoisotopic (exact) mass is 294 g/mol. The predicted octanol–water partition coefficient (Wildman–Crippen LogP) is 1.79. The Labute approximate surface area is 124 Å². The first kappa shape index (κ1) is 16.8.